The van der Waals surface area contributed by atoms with E-state index in [4.69, 9.17) is 25.7 Å². The Morgan fingerprint density at radius 2 is 1.55 bits per heavy atom. The first-order chi connectivity index (χ1) is 18.1. The lowest BCUT2D eigenvalue weighted by atomic mass is 9.89. The van der Waals surface area contributed by atoms with E-state index in [0.717, 1.165) is 31.6 Å². The van der Waals surface area contributed by atoms with Crippen molar-refractivity contribution in [3.63, 3.8) is 0 Å². The molecule has 6 amide bonds. The highest BCUT2D eigenvalue weighted by molar-refractivity contribution is 5.90. The molecule has 0 aromatic rings. The van der Waals surface area contributed by atoms with Gasteiger partial charge in [0.25, 0.3) is 0 Å². The summed E-state index contributed by atoms with van der Waals surface area (Å²) in [6.45, 7) is 2.37. The Labute approximate surface area is 222 Å². The number of hydrogen-bond acceptors (Lipinski definition) is 7. The summed E-state index contributed by atoms with van der Waals surface area (Å²) < 4.78 is 18.0. The highest BCUT2D eigenvalue weighted by atomic mass is 16.5. The Morgan fingerprint density at radius 3 is 2.11 bits per heavy atom. The summed E-state index contributed by atoms with van der Waals surface area (Å²) >= 11 is 0. The predicted octanol–water partition coefficient (Wildman–Crippen LogP) is -0.326. The number of nitrogens with one attached hydrogen (secondary N) is 4. The predicted molar refractivity (Wildman–Crippen MR) is 135 cm³/mol. The van der Waals surface area contributed by atoms with Crippen LogP contribution in [0.3, 0.4) is 0 Å². The van der Waals surface area contributed by atoms with Crippen LogP contribution in [0.2, 0.25) is 0 Å². The number of hydrogen-bond donors (Lipinski definition) is 6. The topological polar surface area (TPSA) is 196 Å². The van der Waals surface area contributed by atoms with Crippen molar-refractivity contribution in [2.24, 2.45) is 35.1 Å². The van der Waals surface area contributed by atoms with E-state index in [1.807, 2.05) is 0 Å². The molecule has 4 bridgehead atoms. The van der Waals surface area contributed by atoms with E-state index in [-0.39, 0.29) is 24.7 Å². The zero-order valence-corrected chi connectivity index (χ0v) is 22.1. The normalized spacial score (nSPS) is 32.3. The molecular weight excluding hydrogens is 496 g/mol. The van der Waals surface area contributed by atoms with Crippen molar-refractivity contribution >= 4 is 23.9 Å². The van der Waals surface area contributed by atoms with E-state index in [0.29, 0.717) is 18.4 Å². The fourth-order valence-corrected chi connectivity index (χ4v) is 6.69. The van der Waals surface area contributed by atoms with Gasteiger partial charge in [-0.05, 0) is 63.2 Å². The van der Waals surface area contributed by atoms with Gasteiger partial charge in [0, 0.05) is 13.0 Å². The molecule has 6 unspecified atom stereocenters. The standard InChI is InChI=1S/C25H42N6O7/c1-12(36-10-15-8-13-3-4-14(15)7-13)19(29-24(26)34)22(33)31-23(20(21(32)28-2)30-25(27)35)37-11-16-9-17-5-6-18(16)38-17/h12-20,23H,3-11H2,1-2H3,(H,28,32)(H,31,33)(H3,26,29,34)(H3,27,30,35)/t12?,13-,14+,15?,16?,17+,18-,19?,20?,23?/m0/s1. The first-order valence-corrected chi connectivity index (χ1v) is 13.7. The van der Waals surface area contributed by atoms with Crippen LogP contribution in [0.1, 0.15) is 51.9 Å². The summed E-state index contributed by atoms with van der Waals surface area (Å²) in [6.07, 6.45) is 5.84. The van der Waals surface area contributed by atoms with Crippen LogP contribution in [-0.2, 0) is 23.8 Å². The number of fused-ring (bicyclic) bond motifs is 4. The van der Waals surface area contributed by atoms with Crippen molar-refractivity contribution < 1.29 is 33.4 Å². The molecule has 2 saturated carbocycles. The minimum absolute atomic E-state index is 0.0578. The molecular formula is C25H42N6O7. The van der Waals surface area contributed by atoms with Crippen molar-refractivity contribution in [1.29, 1.82) is 0 Å². The molecule has 4 aliphatic rings. The maximum atomic E-state index is 13.4. The minimum atomic E-state index is -1.32. The molecule has 13 heteroatoms. The zero-order valence-electron chi connectivity index (χ0n) is 22.1. The second kappa shape index (κ2) is 12.5. The highest BCUT2D eigenvalue weighted by Crippen LogP contribution is 2.48. The Morgan fingerprint density at radius 1 is 0.842 bits per heavy atom. The van der Waals surface area contributed by atoms with Crippen LogP contribution in [0.4, 0.5) is 9.59 Å². The molecule has 0 aromatic heterocycles. The van der Waals surface area contributed by atoms with E-state index in [9.17, 15) is 19.2 Å². The first kappa shape index (κ1) is 28.4. The van der Waals surface area contributed by atoms with E-state index < -0.39 is 48.3 Å². The number of urea groups is 2. The lowest BCUT2D eigenvalue weighted by Gasteiger charge is -2.32. The van der Waals surface area contributed by atoms with Crippen molar-refractivity contribution in [3.05, 3.63) is 0 Å². The largest absolute Gasteiger partial charge is 0.376 e. The van der Waals surface area contributed by atoms with Gasteiger partial charge in [0.05, 0.1) is 31.5 Å². The summed E-state index contributed by atoms with van der Waals surface area (Å²) in [6, 6.07) is -4.32. The van der Waals surface area contributed by atoms with Crippen LogP contribution in [0.15, 0.2) is 0 Å². The number of ether oxygens (including phenoxy) is 3. The van der Waals surface area contributed by atoms with E-state index in [1.54, 1.807) is 6.92 Å². The molecule has 2 heterocycles. The lowest BCUT2D eigenvalue weighted by molar-refractivity contribution is -0.136. The van der Waals surface area contributed by atoms with Gasteiger partial charge < -0.3 is 46.9 Å². The van der Waals surface area contributed by atoms with Crippen LogP contribution >= 0.6 is 0 Å². The number of amides is 6. The molecule has 4 fully saturated rings. The SMILES string of the molecule is CNC(=O)C(NC(N)=O)C(NC(=O)C(NC(N)=O)C(C)OCC1C[C@H]2CC[C@@H]1C2)OCC1C[C@H]2CC[C@@H]1O2. The molecule has 2 aliphatic heterocycles. The zero-order chi connectivity index (χ0) is 27.4. The molecule has 13 nitrogen and oxygen atoms in total. The summed E-state index contributed by atoms with van der Waals surface area (Å²) in [5, 5.41) is 9.91. The molecule has 4 rings (SSSR count). The monoisotopic (exact) mass is 538 g/mol. The Hall–Kier alpha value is -2.64. The third kappa shape index (κ3) is 6.86. The van der Waals surface area contributed by atoms with E-state index in [2.05, 4.69) is 21.3 Å². The van der Waals surface area contributed by atoms with Crippen molar-refractivity contribution in [1.82, 2.24) is 21.3 Å². The quantitative estimate of drug-likeness (QED) is 0.173. The van der Waals surface area contributed by atoms with E-state index >= 15 is 0 Å². The molecule has 8 N–H and O–H groups in total. The van der Waals surface area contributed by atoms with Gasteiger partial charge in [0.15, 0.2) is 12.3 Å². The molecule has 0 spiro atoms. The molecule has 10 atom stereocenters. The summed E-state index contributed by atoms with van der Waals surface area (Å²) in [7, 11) is 1.39. The summed E-state index contributed by atoms with van der Waals surface area (Å²) in [5.41, 5.74) is 10.7. The lowest BCUT2D eigenvalue weighted by Crippen LogP contribution is -2.64. The second-order valence-electron chi connectivity index (χ2n) is 11.2. The number of carbonyl (C=O) groups is 4. The van der Waals surface area contributed by atoms with Gasteiger partial charge in [0.2, 0.25) is 11.8 Å². The van der Waals surface area contributed by atoms with Crippen LogP contribution in [0.5, 0.6) is 0 Å². The average molecular weight is 539 g/mol. The van der Waals surface area contributed by atoms with Crippen molar-refractivity contribution in [2.75, 3.05) is 20.3 Å². The maximum absolute atomic E-state index is 13.4. The number of likely N-dealkylation sites (N-methyl/N-ethyl adjacent to an activating group) is 1. The first-order valence-electron chi connectivity index (χ1n) is 13.7. The molecule has 0 radical (unpaired) electrons. The average Bonchev–Trinajstić information content (AvgIpc) is 3.68. The highest BCUT2D eigenvalue weighted by Gasteiger charge is 2.43. The van der Waals surface area contributed by atoms with Gasteiger partial charge in [-0.25, -0.2) is 9.59 Å². The van der Waals surface area contributed by atoms with Crippen LogP contribution in [-0.4, -0.2) is 80.8 Å². The fourth-order valence-electron chi connectivity index (χ4n) is 6.69. The van der Waals surface area contributed by atoms with Gasteiger partial charge >= 0.3 is 12.1 Å². The Kier molecular flexibility index (Phi) is 9.32. The molecule has 2 saturated heterocycles. The van der Waals surface area contributed by atoms with Gasteiger partial charge in [-0.1, -0.05) is 6.42 Å². The Bertz CT molecular complexity index is 890. The van der Waals surface area contributed by atoms with Crippen molar-refractivity contribution in [2.45, 2.75) is 88.5 Å². The van der Waals surface area contributed by atoms with Gasteiger partial charge in [-0.3, -0.25) is 9.59 Å². The van der Waals surface area contributed by atoms with Crippen LogP contribution < -0.4 is 32.7 Å². The number of primary amides is 2. The van der Waals surface area contributed by atoms with Gasteiger partial charge in [-0.15, -0.1) is 0 Å². The molecule has 214 valence electrons. The van der Waals surface area contributed by atoms with Gasteiger partial charge in [-0.2, -0.15) is 0 Å². The van der Waals surface area contributed by atoms with Crippen LogP contribution in [0.25, 0.3) is 0 Å². The number of rotatable bonds is 13. The third-order valence-electron chi connectivity index (χ3n) is 8.64. The molecule has 38 heavy (non-hydrogen) atoms. The number of nitrogens with two attached hydrogens (primary N) is 2. The third-order valence-corrected chi connectivity index (χ3v) is 8.64. The Balaban J connectivity index is 1.43. The summed E-state index contributed by atoms with van der Waals surface area (Å²) in [4.78, 5) is 49.5. The van der Waals surface area contributed by atoms with E-state index in [1.165, 1.54) is 26.3 Å². The van der Waals surface area contributed by atoms with Crippen LogP contribution in [0, 0.1) is 23.7 Å². The molecule has 2 aliphatic carbocycles. The van der Waals surface area contributed by atoms with Gasteiger partial charge in [0.1, 0.15) is 6.04 Å². The fraction of sp³-hybridized carbons (Fsp3) is 0.840. The number of carbonyl (C=O) groups excluding carboxylic acids is 4. The smallest absolute Gasteiger partial charge is 0.312 e. The summed E-state index contributed by atoms with van der Waals surface area (Å²) in [5.74, 6) is 0.646. The van der Waals surface area contributed by atoms with Crippen molar-refractivity contribution in [3.8, 4) is 0 Å². The maximum Gasteiger partial charge on any atom is 0.312 e. The second-order valence-corrected chi connectivity index (χ2v) is 11.2. The molecule has 0 aromatic carbocycles. The minimum Gasteiger partial charge on any atom is -0.376 e.